The fourth-order valence-electron chi connectivity index (χ4n) is 3.71. The Morgan fingerprint density at radius 1 is 0.737 bits per heavy atom. The maximum absolute atomic E-state index is 2.31. The van der Waals surface area contributed by atoms with Gasteiger partial charge in [0.2, 0.25) is 0 Å². The van der Waals surface area contributed by atoms with Crippen LogP contribution in [0, 0.1) is 19.3 Å². The van der Waals surface area contributed by atoms with E-state index in [9.17, 15) is 0 Å². The van der Waals surface area contributed by atoms with Crippen molar-refractivity contribution in [3.8, 4) is 0 Å². The van der Waals surface area contributed by atoms with Crippen LogP contribution in [-0.4, -0.2) is 0 Å². The summed E-state index contributed by atoms with van der Waals surface area (Å²) in [6.07, 6.45) is 8.62. The zero-order valence-electron chi connectivity index (χ0n) is 13.9. The highest BCUT2D eigenvalue weighted by Crippen LogP contribution is 2.50. The third-order valence-electron chi connectivity index (χ3n) is 4.67. The summed E-state index contributed by atoms with van der Waals surface area (Å²) in [5, 5.41) is 0. The summed E-state index contributed by atoms with van der Waals surface area (Å²) in [7, 11) is 0. The first-order valence-corrected chi connectivity index (χ1v) is 8.28. The van der Waals surface area contributed by atoms with E-state index >= 15 is 0 Å². The van der Waals surface area contributed by atoms with Gasteiger partial charge in [-0.2, -0.15) is 0 Å². The van der Waals surface area contributed by atoms with E-state index in [1.165, 1.54) is 49.7 Å². The first-order valence-electron chi connectivity index (χ1n) is 8.28. The predicted molar refractivity (Wildman–Crippen MR) is 86.9 cm³/mol. The molecule has 0 aliphatic heterocycles. The topological polar surface area (TPSA) is 0 Å². The molecule has 0 aromatic heterocycles. The second kappa shape index (κ2) is 7.12. The Morgan fingerprint density at radius 3 is 1.47 bits per heavy atom. The van der Waals surface area contributed by atoms with E-state index in [1.807, 2.05) is 27.7 Å². The number of hydrogen-bond donors (Lipinski definition) is 0. The summed E-state index contributed by atoms with van der Waals surface area (Å²) >= 11 is 0. The largest absolute Gasteiger partial charge is 0.0683 e. The van der Waals surface area contributed by atoms with Crippen molar-refractivity contribution in [2.45, 2.75) is 80.1 Å². The van der Waals surface area contributed by atoms with Crippen molar-refractivity contribution in [2.24, 2.45) is 5.41 Å². The van der Waals surface area contributed by atoms with Crippen LogP contribution < -0.4 is 0 Å². The fraction of sp³-hybridized carbons (Fsp3) is 0.684. The molecule has 1 fully saturated rings. The molecule has 19 heavy (non-hydrogen) atoms. The van der Waals surface area contributed by atoms with Crippen LogP contribution in [0.4, 0.5) is 0 Å². The summed E-state index contributed by atoms with van der Waals surface area (Å²) in [6.45, 7) is 12.6. The molecular weight excluding hydrogens is 228 g/mol. The van der Waals surface area contributed by atoms with Crippen molar-refractivity contribution in [2.75, 3.05) is 0 Å². The molecule has 108 valence electrons. The lowest BCUT2D eigenvalue weighted by molar-refractivity contribution is 0.317. The Morgan fingerprint density at radius 2 is 1.11 bits per heavy atom. The Hall–Kier alpha value is -0.780. The van der Waals surface area contributed by atoms with Crippen LogP contribution in [0.3, 0.4) is 0 Å². The van der Waals surface area contributed by atoms with Gasteiger partial charge >= 0.3 is 0 Å². The van der Waals surface area contributed by atoms with Crippen molar-refractivity contribution in [1.82, 2.24) is 0 Å². The standard InChI is InChI=1S/C15H20.2C2H6/c1-11-5-6-12(2)14-10-15(9-13(11)14)7-3-4-8-15;2*1-2/h5-6H,3-4,7-10H2,1-2H3;2*1-2H3. The van der Waals surface area contributed by atoms with Crippen LogP contribution in [0.2, 0.25) is 0 Å². The second-order valence-corrected chi connectivity index (χ2v) is 5.72. The van der Waals surface area contributed by atoms with Crippen molar-refractivity contribution in [3.63, 3.8) is 0 Å². The van der Waals surface area contributed by atoms with Crippen LogP contribution in [0.1, 0.15) is 75.6 Å². The molecule has 0 N–H and O–H groups in total. The highest BCUT2D eigenvalue weighted by atomic mass is 14.4. The Bertz CT molecular complexity index is 362. The van der Waals surface area contributed by atoms with Gasteiger partial charge in [-0.15, -0.1) is 0 Å². The molecule has 1 spiro atoms. The van der Waals surface area contributed by atoms with Crippen LogP contribution in [0.15, 0.2) is 12.1 Å². The number of fused-ring (bicyclic) bond motifs is 1. The van der Waals surface area contributed by atoms with E-state index in [0.29, 0.717) is 5.41 Å². The third-order valence-corrected chi connectivity index (χ3v) is 4.67. The summed E-state index contributed by atoms with van der Waals surface area (Å²) in [5.41, 5.74) is 7.12. The number of benzene rings is 1. The molecule has 0 bridgehead atoms. The molecule has 1 saturated carbocycles. The zero-order chi connectivity index (χ0) is 14.5. The van der Waals surface area contributed by atoms with E-state index in [0.717, 1.165) is 0 Å². The lowest BCUT2D eigenvalue weighted by atomic mass is 9.83. The number of hydrogen-bond acceptors (Lipinski definition) is 0. The smallest absolute Gasteiger partial charge is 0.0213 e. The Labute approximate surface area is 120 Å². The molecule has 0 heterocycles. The molecule has 0 radical (unpaired) electrons. The normalized spacial score (nSPS) is 18.2. The molecule has 1 aromatic rings. The summed E-state index contributed by atoms with van der Waals surface area (Å²) in [4.78, 5) is 0. The molecule has 0 heteroatoms. The first kappa shape index (κ1) is 16.3. The van der Waals surface area contributed by atoms with Gasteiger partial charge < -0.3 is 0 Å². The van der Waals surface area contributed by atoms with Crippen molar-refractivity contribution in [1.29, 1.82) is 0 Å². The van der Waals surface area contributed by atoms with Crippen LogP contribution >= 0.6 is 0 Å². The minimum absolute atomic E-state index is 0.680. The number of aryl methyl sites for hydroxylation is 2. The van der Waals surface area contributed by atoms with Gasteiger partial charge in [0, 0.05) is 0 Å². The molecule has 3 rings (SSSR count). The average Bonchev–Trinajstić information content (AvgIpc) is 3.08. The van der Waals surface area contributed by atoms with Gasteiger partial charge in [0.15, 0.2) is 0 Å². The van der Waals surface area contributed by atoms with Gasteiger partial charge in [0.25, 0.3) is 0 Å². The molecule has 0 amide bonds. The van der Waals surface area contributed by atoms with Crippen molar-refractivity contribution in [3.05, 3.63) is 34.4 Å². The van der Waals surface area contributed by atoms with Gasteiger partial charge in [-0.1, -0.05) is 52.7 Å². The second-order valence-electron chi connectivity index (χ2n) is 5.72. The quantitative estimate of drug-likeness (QED) is 0.535. The maximum atomic E-state index is 2.31. The van der Waals surface area contributed by atoms with Gasteiger partial charge in [-0.25, -0.2) is 0 Å². The van der Waals surface area contributed by atoms with Gasteiger partial charge in [-0.3, -0.25) is 0 Å². The van der Waals surface area contributed by atoms with Crippen molar-refractivity contribution < 1.29 is 0 Å². The molecule has 0 atom stereocenters. The molecule has 0 nitrogen and oxygen atoms in total. The van der Waals surface area contributed by atoms with Gasteiger partial charge in [0.1, 0.15) is 0 Å². The molecule has 1 aromatic carbocycles. The van der Waals surface area contributed by atoms with Gasteiger partial charge in [-0.05, 0) is 67.2 Å². The molecular formula is C19H32. The molecule has 0 unspecified atom stereocenters. The zero-order valence-corrected chi connectivity index (χ0v) is 13.9. The van der Waals surface area contributed by atoms with E-state index < -0.39 is 0 Å². The highest BCUT2D eigenvalue weighted by molar-refractivity contribution is 5.45. The predicted octanol–water partition coefficient (Wildman–Crippen LogP) is 6.01. The van der Waals surface area contributed by atoms with Crippen LogP contribution in [-0.2, 0) is 12.8 Å². The molecule has 0 saturated heterocycles. The summed E-state index contributed by atoms with van der Waals surface area (Å²) in [6, 6.07) is 4.62. The monoisotopic (exact) mass is 260 g/mol. The molecule has 2 aliphatic carbocycles. The number of rotatable bonds is 0. The van der Waals surface area contributed by atoms with E-state index in [2.05, 4.69) is 26.0 Å². The van der Waals surface area contributed by atoms with E-state index in [4.69, 9.17) is 0 Å². The first-order chi connectivity index (χ1) is 9.20. The lowest BCUT2D eigenvalue weighted by Crippen LogP contribution is -2.15. The summed E-state index contributed by atoms with van der Waals surface area (Å²) in [5.74, 6) is 0. The highest BCUT2D eigenvalue weighted by Gasteiger charge is 2.40. The van der Waals surface area contributed by atoms with Crippen molar-refractivity contribution >= 4 is 0 Å². The summed E-state index contributed by atoms with van der Waals surface area (Å²) < 4.78 is 0. The Balaban J connectivity index is 0.000000415. The van der Waals surface area contributed by atoms with E-state index in [-0.39, 0.29) is 0 Å². The van der Waals surface area contributed by atoms with Crippen LogP contribution in [0.5, 0.6) is 0 Å². The maximum Gasteiger partial charge on any atom is -0.0213 e. The third kappa shape index (κ3) is 3.22. The van der Waals surface area contributed by atoms with E-state index in [1.54, 1.807) is 11.1 Å². The lowest BCUT2D eigenvalue weighted by Gasteiger charge is -2.21. The van der Waals surface area contributed by atoms with Crippen LogP contribution in [0.25, 0.3) is 0 Å². The average molecular weight is 260 g/mol. The fourth-order valence-corrected chi connectivity index (χ4v) is 3.71. The minimum atomic E-state index is 0.680. The minimum Gasteiger partial charge on any atom is -0.0683 e. The Kier molecular flexibility index (Phi) is 6.10. The SMILES string of the molecule is CC.CC.Cc1ccc(C)c2c1CC1(CCCC1)C2. The van der Waals surface area contributed by atoms with Gasteiger partial charge in [0.05, 0.1) is 0 Å². The molecule has 2 aliphatic rings.